The number of amides is 1. The molecule has 1 amide bonds. The summed E-state index contributed by atoms with van der Waals surface area (Å²) in [4.78, 5) is 19.8. The number of rotatable bonds is 6. The zero-order chi connectivity index (χ0) is 23.5. The Morgan fingerprint density at radius 2 is 1.76 bits per heavy atom. The van der Waals surface area contributed by atoms with Crippen LogP contribution in [-0.4, -0.2) is 45.6 Å². The number of ether oxygens (including phenoxy) is 1. The number of aromatic nitrogens is 1. The number of nitrogens with zero attached hydrogens (tertiary/aromatic N) is 2. The van der Waals surface area contributed by atoms with E-state index < -0.39 is 15.9 Å². The lowest BCUT2D eigenvalue weighted by Crippen LogP contribution is -2.36. The fourth-order valence-electron chi connectivity index (χ4n) is 3.78. The molecule has 3 heterocycles. The molecule has 0 bridgehead atoms. The first kappa shape index (κ1) is 22.3. The van der Waals surface area contributed by atoms with Gasteiger partial charge in [-0.25, -0.2) is 13.4 Å². The van der Waals surface area contributed by atoms with Gasteiger partial charge in [0.15, 0.2) is 0 Å². The van der Waals surface area contributed by atoms with Crippen LogP contribution in [0.2, 0.25) is 0 Å². The Morgan fingerprint density at radius 1 is 1.00 bits per heavy atom. The van der Waals surface area contributed by atoms with Gasteiger partial charge in [-0.3, -0.25) is 9.52 Å². The Hall–Kier alpha value is -3.47. The Morgan fingerprint density at radius 3 is 2.44 bits per heavy atom. The smallest absolute Gasteiger partial charge is 0.271 e. The van der Waals surface area contributed by atoms with E-state index in [1.807, 2.05) is 30.3 Å². The number of pyridine rings is 1. The van der Waals surface area contributed by atoms with Crippen molar-refractivity contribution in [2.75, 3.05) is 41.2 Å². The van der Waals surface area contributed by atoms with Crippen LogP contribution in [0.15, 0.2) is 76.4 Å². The second-order valence-corrected chi connectivity index (χ2v) is 10.6. The number of hydrogen-bond acceptors (Lipinski definition) is 7. The minimum absolute atomic E-state index is 0.174. The predicted octanol–water partition coefficient (Wildman–Crippen LogP) is 4.19. The number of fused-ring (bicyclic) bond motifs is 1. The average Bonchev–Trinajstić information content (AvgIpc) is 3.41. The van der Waals surface area contributed by atoms with Crippen molar-refractivity contribution >= 4 is 55.2 Å². The molecule has 1 fully saturated rings. The molecule has 5 rings (SSSR count). The largest absolute Gasteiger partial charge is 0.378 e. The average molecular weight is 495 g/mol. The van der Waals surface area contributed by atoms with Crippen LogP contribution in [0.25, 0.3) is 10.8 Å². The van der Waals surface area contributed by atoms with Crippen LogP contribution >= 0.6 is 11.3 Å². The highest BCUT2D eigenvalue weighted by molar-refractivity contribution is 7.94. The number of thiophene rings is 1. The topological polar surface area (TPSA) is 101 Å². The lowest BCUT2D eigenvalue weighted by molar-refractivity contribution is 0.102. The molecule has 4 aromatic rings. The van der Waals surface area contributed by atoms with Gasteiger partial charge >= 0.3 is 0 Å². The van der Waals surface area contributed by atoms with Gasteiger partial charge in [-0.05, 0) is 46.5 Å². The molecule has 2 aromatic carbocycles. The Bertz CT molecular complexity index is 1420. The summed E-state index contributed by atoms with van der Waals surface area (Å²) >= 11 is 1.11. The van der Waals surface area contributed by atoms with Gasteiger partial charge in [0.25, 0.3) is 15.9 Å². The highest BCUT2D eigenvalue weighted by Gasteiger charge is 2.21. The van der Waals surface area contributed by atoms with E-state index in [0.29, 0.717) is 19.0 Å². The second kappa shape index (κ2) is 9.41. The molecule has 1 aliphatic rings. The van der Waals surface area contributed by atoms with Crippen LogP contribution in [0, 0.1) is 0 Å². The van der Waals surface area contributed by atoms with Crippen molar-refractivity contribution in [1.82, 2.24) is 4.98 Å². The number of hydrogen-bond donors (Lipinski definition) is 2. The molecule has 2 N–H and O–H groups in total. The molecule has 8 nitrogen and oxygen atoms in total. The summed E-state index contributed by atoms with van der Waals surface area (Å²) in [5.74, 6) is -0.0801. The number of carbonyl (C=O) groups is 1. The SMILES string of the molecule is O=C(Nc1ccc(N2CCOCC2)cn1)c1cc2ccccc2cc1NS(=O)(=O)c1cccs1. The monoisotopic (exact) mass is 494 g/mol. The van der Waals surface area contributed by atoms with Gasteiger partial charge < -0.3 is 15.0 Å². The summed E-state index contributed by atoms with van der Waals surface area (Å²) in [7, 11) is -3.83. The third kappa shape index (κ3) is 4.74. The van der Waals surface area contributed by atoms with Crippen LogP contribution in [0.5, 0.6) is 0 Å². The van der Waals surface area contributed by atoms with E-state index >= 15 is 0 Å². The summed E-state index contributed by atoms with van der Waals surface area (Å²) in [5, 5.41) is 6.12. The fourth-order valence-corrected chi connectivity index (χ4v) is 5.84. The molecule has 0 radical (unpaired) electrons. The van der Waals surface area contributed by atoms with Crippen LogP contribution < -0.4 is 14.9 Å². The highest BCUT2D eigenvalue weighted by atomic mass is 32.2. The van der Waals surface area contributed by atoms with E-state index in [1.165, 1.54) is 6.07 Å². The minimum atomic E-state index is -3.83. The third-order valence-corrected chi connectivity index (χ3v) is 8.26. The minimum Gasteiger partial charge on any atom is -0.378 e. The maximum Gasteiger partial charge on any atom is 0.271 e. The molecule has 10 heteroatoms. The van der Waals surface area contributed by atoms with E-state index in [2.05, 4.69) is 19.9 Å². The summed E-state index contributed by atoms with van der Waals surface area (Å²) in [5.41, 5.74) is 1.36. The first-order chi connectivity index (χ1) is 16.5. The first-order valence-corrected chi connectivity index (χ1v) is 13.1. The first-order valence-electron chi connectivity index (χ1n) is 10.7. The molecule has 0 aliphatic carbocycles. The predicted molar refractivity (Wildman–Crippen MR) is 134 cm³/mol. The van der Waals surface area contributed by atoms with Gasteiger partial charge in [-0.1, -0.05) is 30.3 Å². The number of nitrogens with one attached hydrogen (secondary N) is 2. The van der Waals surface area contributed by atoms with E-state index in [4.69, 9.17) is 4.74 Å². The standard InChI is InChI=1S/C24H22N4O4S2/c29-24(26-22-8-7-19(16-25-22)28-9-11-32-12-10-28)20-14-17-4-1-2-5-18(17)15-21(20)27-34(30,31)23-6-3-13-33-23/h1-8,13-16,27H,9-12H2,(H,25,26,29). The number of carbonyl (C=O) groups excluding carboxylic acids is 1. The molecule has 0 atom stereocenters. The molecular weight excluding hydrogens is 472 g/mol. The Labute approximate surface area is 201 Å². The van der Waals surface area contributed by atoms with Crippen molar-refractivity contribution in [3.05, 3.63) is 77.8 Å². The molecule has 2 aromatic heterocycles. The fraction of sp³-hybridized carbons (Fsp3) is 0.167. The van der Waals surface area contributed by atoms with Gasteiger partial charge in [-0.2, -0.15) is 0 Å². The molecule has 1 aliphatic heterocycles. The summed E-state index contributed by atoms with van der Waals surface area (Å²) in [6, 6.07) is 17.6. The molecule has 0 spiro atoms. The van der Waals surface area contributed by atoms with E-state index in [9.17, 15) is 13.2 Å². The summed E-state index contributed by atoms with van der Waals surface area (Å²) in [6.45, 7) is 2.92. The van der Waals surface area contributed by atoms with Crippen molar-refractivity contribution in [3.63, 3.8) is 0 Å². The van der Waals surface area contributed by atoms with Crippen molar-refractivity contribution < 1.29 is 17.9 Å². The second-order valence-electron chi connectivity index (χ2n) is 7.74. The Kier molecular flexibility index (Phi) is 6.18. The van der Waals surface area contributed by atoms with Crippen molar-refractivity contribution in [3.8, 4) is 0 Å². The van der Waals surface area contributed by atoms with Crippen LogP contribution in [0.4, 0.5) is 17.2 Å². The molecule has 0 unspecified atom stereocenters. The van der Waals surface area contributed by atoms with E-state index in [0.717, 1.165) is 40.9 Å². The van der Waals surface area contributed by atoms with Crippen LogP contribution in [-0.2, 0) is 14.8 Å². The zero-order valence-corrected chi connectivity index (χ0v) is 19.7. The van der Waals surface area contributed by atoms with Gasteiger partial charge in [-0.15, -0.1) is 11.3 Å². The van der Waals surface area contributed by atoms with Crippen LogP contribution in [0.3, 0.4) is 0 Å². The van der Waals surface area contributed by atoms with Crippen molar-refractivity contribution in [2.45, 2.75) is 4.21 Å². The maximum absolute atomic E-state index is 13.2. The Balaban J connectivity index is 1.43. The zero-order valence-electron chi connectivity index (χ0n) is 18.1. The van der Waals surface area contributed by atoms with Crippen LogP contribution in [0.1, 0.15) is 10.4 Å². The quantitative estimate of drug-likeness (QED) is 0.417. The number of anilines is 3. The van der Waals surface area contributed by atoms with Gasteiger partial charge in [0.1, 0.15) is 10.0 Å². The molecule has 174 valence electrons. The lowest BCUT2D eigenvalue weighted by Gasteiger charge is -2.28. The van der Waals surface area contributed by atoms with Crippen molar-refractivity contribution in [2.24, 2.45) is 0 Å². The number of sulfonamides is 1. The van der Waals surface area contributed by atoms with E-state index in [-0.39, 0.29) is 15.5 Å². The van der Waals surface area contributed by atoms with Gasteiger partial charge in [0, 0.05) is 13.1 Å². The normalized spacial score (nSPS) is 14.2. The molecule has 34 heavy (non-hydrogen) atoms. The third-order valence-electron chi connectivity index (χ3n) is 5.50. The van der Waals surface area contributed by atoms with Gasteiger partial charge in [0.05, 0.1) is 36.3 Å². The molecular formula is C24H22N4O4S2. The maximum atomic E-state index is 13.2. The summed E-state index contributed by atoms with van der Waals surface area (Å²) < 4.78 is 33.9. The number of morpholine rings is 1. The highest BCUT2D eigenvalue weighted by Crippen LogP contribution is 2.28. The van der Waals surface area contributed by atoms with Gasteiger partial charge in [0.2, 0.25) is 0 Å². The van der Waals surface area contributed by atoms with Crippen molar-refractivity contribution in [1.29, 1.82) is 0 Å². The molecule has 0 saturated carbocycles. The summed E-state index contributed by atoms with van der Waals surface area (Å²) in [6.07, 6.45) is 1.71. The lowest BCUT2D eigenvalue weighted by atomic mass is 10.0. The molecule has 1 saturated heterocycles. The van der Waals surface area contributed by atoms with E-state index in [1.54, 1.807) is 35.8 Å². The number of benzene rings is 2.